The highest BCUT2D eigenvalue weighted by Crippen LogP contribution is 2.46. The minimum atomic E-state index is 0.149. The van der Waals surface area contributed by atoms with Gasteiger partial charge in [-0.15, -0.1) is 5.10 Å². The van der Waals surface area contributed by atoms with Crippen LogP contribution in [-0.4, -0.2) is 38.4 Å². The molecule has 5 heteroatoms. The van der Waals surface area contributed by atoms with E-state index in [0.717, 1.165) is 24.2 Å². The number of rotatable bonds is 3. The molecule has 3 aromatic rings. The molecule has 1 aliphatic heterocycles. The van der Waals surface area contributed by atoms with Crippen LogP contribution < -0.4 is 0 Å². The van der Waals surface area contributed by atoms with Gasteiger partial charge in [-0.05, 0) is 48.6 Å². The molecule has 2 fully saturated rings. The first-order chi connectivity index (χ1) is 13.3. The number of carbonyl (C=O) groups is 1. The maximum absolute atomic E-state index is 13.3. The van der Waals surface area contributed by atoms with Crippen LogP contribution in [0.15, 0.2) is 67.0 Å². The van der Waals surface area contributed by atoms with E-state index in [-0.39, 0.29) is 5.91 Å². The molecule has 3 atom stereocenters. The summed E-state index contributed by atoms with van der Waals surface area (Å²) in [7, 11) is 0. The molecule has 0 spiro atoms. The molecule has 1 amide bonds. The molecule has 0 radical (unpaired) electrons. The van der Waals surface area contributed by atoms with Gasteiger partial charge in [-0.1, -0.05) is 42.0 Å². The summed E-state index contributed by atoms with van der Waals surface area (Å²) in [6.07, 6.45) is 7.00. The standard InChI is InChI=1S/C22H22N4O/c27-22(17-9-11-18(12-10-17)26-14-13-23-24-26)25-15-20(16-5-2-1-3-6-16)19-7-4-8-21(19)25/h1-3,5-6,9-14,19-21H,4,7-8,15H2. The Morgan fingerprint density at radius 2 is 1.81 bits per heavy atom. The topological polar surface area (TPSA) is 51.0 Å². The smallest absolute Gasteiger partial charge is 0.254 e. The van der Waals surface area contributed by atoms with Crippen molar-refractivity contribution in [2.24, 2.45) is 5.92 Å². The van der Waals surface area contributed by atoms with E-state index in [1.54, 1.807) is 17.1 Å². The molecule has 0 N–H and O–H groups in total. The minimum absolute atomic E-state index is 0.149. The SMILES string of the molecule is O=C(c1ccc(-n2ccnn2)cc1)N1CC(c2ccccc2)C2CCCC21. The summed E-state index contributed by atoms with van der Waals surface area (Å²) in [5, 5.41) is 7.83. The number of benzene rings is 2. The van der Waals surface area contributed by atoms with Crippen LogP contribution in [0.4, 0.5) is 0 Å². The second-order valence-electron chi connectivity index (χ2n) is 7.53. The highest BCUT2D eigenvalue weighted by Gasteiger charge is 2.46. The van der Waals surface area contributed by atoms with Gasteiger partial charge in [0.15, 0.2) is 0 Å². The molecule has 1 saturated heterocycles. The summed E-state index contributed by atoms with van der Waals surface area (Å²) in [6, 6.07) is 18.7. The Hall–Kier alpha value is -2.95. The summed E-state index contributed by atoms with van der Waals surface area (Å²) in [5.41, 5.74) is 3.02. The fraction of sp³-hybridized carbons (Fsp3) is 0.318. The van der Waals surface area contributed by atoms with Crippen molar-refractivity contribution in [2.45, 2.75) is 31.2 Å². The van der Waals surface area contributed by atoms with Gasteiger partial charge in [-0.25, -0.2) is 4.68 Å². The molecule has 1 aliphatic carbocycles. The molecule has 136 valence electrons. The molecule has 27 heavy (non-hydrogen) atoms. The van der Waals surface area contributed by atoms with Crippen molar-refractivity contribution in [3.8, 4) is 5.69 Å². The largest absolute Gasteiger partial charge is 0.335 e. The van der Waals surface area contributed by atoms with Crippen molar-refractivity contribution in [1.82, 2.24) is 19.9 Å². The van der Waals surface area contributed by atoms with Crippen molar-refractivity contribution in [1.29, 1.82) is 0 Å². The summed E-state index contributed by atoms with van der Waals surface area (Å²) in [6.45, 7) is 0.822. The van der Waals surface area contributed by atoms with Gasteiger partial charge in [0, 0.05) is 24.1 Å². The van der Waals surface area contributed by atoms with E-state index in [9.17, 15) is 4.79 Å². The van der Waals surface area contributed by atoms with Crippen LogP contribution >= 0.6 is 0 Å². The van der Waals surface area contributed by atoms with Crippen LogP contribution in [0.2, 0.25) is 0 Å². The lowest BCUT2D eigenvalue weighted by Gasteiger charge is -2.24. The van der Waals surface area contributed by atoms with Gasteiger partial charge in [-0.3, -0.25) is 4.79 Å². The van der Waals surface area contributed by atoms with Gasteiger partial charge < -0.3 is 4.90 Å². The first-order valence-electron chi connectivity index (χ1n) is 9.64. The summed E-state index contributed by atoms with van der Waals surface area (Å²) in [4.78, 5) is 15.4. The third-order valence-corrected chi connectivity index (χ3v) is 6.13. The van der Waals surface area contributed by atoms with Crippen LogP contribution in [0.5, 0.6) is 0 Å². The fourth-order valence-electron chi connectivity index (χ4n) is 4.86. The average Bonchev–Trinajstić information content (AvgIpc) is 3.46. The Morgan fingerprint density at radius 1 is 1.00 bits per heavy atom. The Morgan fingerprint density at radius 3 is 2.56 bits per heavy atom. The molecular formula is C22H22N4O. The Kier molecular flexibility index (Phi) is 4.00. The summed E-state index contributed by atoms with van der Waals surface area (Å²) < 4.78 is 1.70. The zero-order valence-corrected chi connectivity index (χ0v) is 15.1. The van der Waals surface area contributed by atoms with Crippen LogP contribution in [0.1, 0.15) is 41.1 Å². The fourth-order valence-corrected chi connectivity index (χ4v) is 4.86. The van der Waals surface area contributed by atoms with Gasteiger partial charge in [0.1, 0.15) is 0 Å². The highest BCUT2D eigenvalue weighted by molar-refractivity contribution is 5.95. The third-order valence-electron chi connectivity index (χ3n) is 6.13. The second kappa shape index (κ2) is 6.65. The first kappa shape index (κ1) is 16.2. The number of fused-ring (bicyclic) bond motifs is 1. The monoisotopic (exact) mass is 358 g/mol. The molecule has 0 bridgehead atoms. The van der Waals surface area contributed by atoms with E-state index < -0.39 is 0 Å². The number of amides is 1. The lowest BCUT2D eigenvalue weighted by Crippen LogP contribution is -2.36. The predicted octanol–water partition coefficient (Wildman–Crippen LogP) is 3.68. The number of carbonyl (C=O) groups excluding carboxylic acids is 1. The van der Waals surface area contributed by atoms with E-state index in [1.165, 1.54) is 18.4 Å². The number of nitrogens with zero attached hydrogens (tertiary/aromatic N) is 4. The molecule has 1 aromatic heterocycles. The molecular weight excluding hydrogens is 336 g/mol. The Balaban J connectivity index is 1.40. The first-order valence-corrected chi connectivity index (χ1v) is 9.64. The normalized spacial score (nSPS) is 24.1. The zero-order valence-electron chi connectivity index (χ0n) is 15.1. The lowest BCUT2D eigenvalue weighted by molar-refractivity contribution is 0.0728. The predicted molar refractivity (Wildman–Crippen MR) is 103 cm³/mol. The zero-order chi connectivity index (χ0) is 18.2. The molecule has 1 saturated carbocycles. The average molecular weight is 358 g/mol. The van der Waals surface area contributed by atoms with Crippen molar-refractivity contribution in [3.63, 3.8) is 0 Å². The summed E-state index contributed by atoms with van der Waals surface area (Å²) in [5.74, 6) is 1.19. The van der Waals surface area contributed by atoms with Gasteiger partial charge >= 0.3 is 0 Å². The van der Waals surface area contributed by atoms with Crippen molar-refractivity contribution < 1.29 is 4.79 Å². The van der Waals surface area contributed by atoms with Crippen LogP contribution in [0, 0.1) is 5.92 Å². The molecule has 2 aromatic carbocycles. The summed E-state index contributed by atoms with van der Waals surface area (Å²) >= 11 is 0. The highest BCUT2D eigenvalue weighted by atomic mass is 16.2. The number of likely N-dealkylation sites (tertiary alicyclic amines) is 1. The second-order valence-corrected chi connectivity index (χ2v) is 7.53. The quantitative estimate of drug-likeness (QED) is 0.718. The maximum Gasteiger partial charge on any atom is 0.254 e. The molecule has 2 aliphatic rings. The van der Waals surface area contributed by atoms with Gasteiger partial charge in [-0.2, -0.15) is 0 Å². The number of hydrogen-bond acceptors (Lipinski definition) is 3. The molecule has 5 rings (SSSR count). The molecule has 5 nitrogen and oxygen atoms in total. The Labute approximate surface area is 158 Å². The van der Waals surface area contributed by atoms with Gasteiger partial charge in [0.05, 0.1) is 18.1 Å². The van der Waals surface area contributed by atoms with E-state index in [2.05, 4.69) is 45.5 Å². The lowest BCUT2D eigenvalue weighted by atomic mass is 9.87. The number of hydrogen-bond donors (Lipinski definition) is 0. The van der Waals surface area contributed by atoms with Crippen molar-refractivity contribution in [2.75, 3.05) is 6.54 Å². The van der Waals surface area contributed by atoms with Gasteiger partial charge in [0.25, 0.3) is 5.91 Å². The molecule has 3 unspecified atom stereocenters. The Bertz CT molecular complexity index is 921. The van der Waals surface area contributed by atoms with E-state index in [4.69, 9.17) is 0 Å². The van der Waals surface area contributed by atoms with Crippen molar-refractivity contribution in [3.05, 3.63) is 78.1 Å². The van der Waals surface area contributed by atoms with Crippen LogP contribution in [0.3, 0.4) is 0 Å². The van der Waals surface area contributed by atoms with E-state index in [1.807, 2.05) is 24.3 Å². The van der Waals surface area contributed by atoms with E-state index >= 15 is 0 Å². The van der Waals surface area contributed by atoms with Gasteiger partial charge in [0.2, 0.25) is 0 Å². The third kappa shape index (κ3) is 2.83. The minimum Gasteiger partial charge on any atom is -0.335 e. The maximum atomic E-state index is 13.3. The number of aromatic nitrogens is 3. The van der Waals surface area contributed by atoms with E-state index in [0.29, 0.717) is 17.9 Å². The molecule has 2 heterocycles. The van der Waals surface area contributed by atoms with Crippen LogP contribution in [-0.2, 0) is 0 Å². The van der Waals surface area contributed by atoms with Crippen LogP contribution in [0.25, 0.3) is 5.69 Å². The van der Waals surface area contributed by atoms with Crippen molar-refractivity contribution >= 4 is 5.91 Å².